The zero-order valence-corrected chi connectivity index (χ0v) is 16.5. The Morgan fingerprint density at radius 2 is 2.04 bits per heavy atom. The fourth-order valence-corrected chi connectivity index (χ4v) is 3.72. The molecule has 27 heavy (non-hydrogen) atoms. The molecule has 0 spiro atoms. The summed E-state index contributed by atoms with van der Waals surface area (Å²) in [6.07, 6.45) is 7.36. The van der Waals surface area contributed by atoms with E-state index in [1.807, 2.05) is 27.6 Å². The number of carbonyl (C=O) groups is 2. The lowest BCUT2D eigenvalue weighted by atomic mass is 10.1. The Morgan fingerprint density at radius 3 is 2.74 bits per heavy atom. The van der Waals surface area contributed by atoms with Crippen molar-refractivity contribution in [1.82, 2.24) is 24.5 Å². The summed E-state index contributed by atoms with van der Waals surface area (Å²) in [5.41, 5.74) is 1.01. The number of aromatic nitrogens is 2. The van der Waals surface area contributed by atoms with Gasteiger partial charge >= 0.3 is 6.03 Å². The van der Waals surface area contributed by atoms with Crippen LogP contribution in [0.4, 0.5) is 4.79 Å². The minimum atomic E-state index is -0.193. The monoisotopic (exact) mass is 377 g/mol. The average Bonchev–Trinajstić information content (AvgIpc) is 3.16. The normalized spacial score (nSPS) is 20.6. The van der Waals surface area contributed by atoms with Gasteiger partial charge in [0, 0.05) is 58.0 Å². The second-order valence-corrected chi connectivity index (χ2v) is 7.41. The molecule has 2 aliphatic rings. The van der Waals surface area contributed by atoms with E-state index in [9.17, 15) is 9.59 Å². The van der Waals surface area contributed by atoms with Crippen molar-refractivity contribution in [2.75, 3.05) is 39.9 Å². The summed E-state index contributed by atoms with van der Waals surface area (Å²) in [7, 11) is 1.80. The largest absolute Gasteiger partial charge is 0.377 e. The Labute approximate surface area is 161 Å². The summed E-state index contributed by atoms with van der Waals surface area (Å²) in [5, 5.41) is 4.25. The molecule has 1 atom stereocenters. The molecule has 0 N–H and O–H groups in total. The van der Waals surface area contributed by atoms with Gasteiger partial charge in [-0.1, -0.05) is 0 Å². The molecule has 0 aromatic carbocycles. The summed E-state index contributed by atoms with van der Waals surface area (Å²) in [6, 6.07) is -0.135. The molecule has 0 aliphatic carbocycles. The lowest BCUT2D eigenvalue weighted by Gasteiger charge is -2.40. The van der Waals surface area contributed by atoms with E-state index < -0.39 is 0 Å². The molecule has 0 saturated carbocycles. The van der Waals surface area contributed by atoms with E-state index in [4.69, 9.17) is 4.74 Å². The molecule has 1 aromatic heterocycles. The predicted molar refractivity (Wildman–Crippen MR) is 101 cm³/mol. The third-order valence-electron chi connectivity index (χ3n) is 5.37. The molecule has 8 nitrogen and oxygen atoms in total. The van der Waals surface area contributed by atoms with Crippen LogP contribution in [0.1, 0.15) is 38.2 Å². The van der Waals surface area contributed by atoms with Crippen LogP contribution < -0.4 is 0 Å². The van der Waals surface area contributed by atoms with Gasteiger partial charge in [0.1, 0.15) is 0 Å². The van der Waals surface area contributed by atoms with Gasteiger partial charge in [0.2, 0.25) is 5.91 Å². The van der Waals surface area contributed by atoms with Gasteiger partial charge in [0.25, 0.3) is 0 Å². The smallest absolute Gasteiger partial charge is 0.320 e. The maximum atomic E-state index is 12.9. The van der Waals surface area contributed by atoms with E-state index in [-0.39, 0.29) is 24.4 Å². The third kappa shape index (κ3) is 5.00. The van der Waals surface area contributed by atoms with Crippen molar-refractivity contribution in [3.05, 3.63) is 18.0 Å². The Morgan fingerprint density at radius 1 is 1.26 bits per heavy atom. The first-order valence-electron chi connectivity index (χ1n) is 9.97. The number of rotatable bonds is 5. The molecule has 150 valence electrons. The molecule has 2 fully saturated rings. The van der Waals surface area contributed by atoms with Gasteiger partial charge in [-0.15, -0.1) is 0 Å². The van der Waals surface area contributed by atoms with Gasteiger partial charge in [0.05, 0.1) is 25.5 Å². The molecule has 8 heteroatoms. The highest BCUT2D eigenvalue weighted by atomic mass is 16.5. The number of carbonyl (C=O) groups excluding carboxylic acids is 2. The van der Waals surface area contributed by atoms with E-state index in [2.05, 4.69) is 5.10 Å². The fraction of sp³-hybridized carbons (Fsp3) is 0.737. The van der Waals surface area contributed by atoms with Crippen molar-refractivity contribution in [2.24, 2.45) is 0 Å². The third-order valence-corrected chi connectivity index (χ3v) is 5.37. The summed E-state index contributed by atoms with van der Waals surface area (Å²) < 4.78 is 7.42. The van der Waals surface area contributed by atoms with Crippen molar-refractivity contribution in [1.29, 1.82) is 0 Å². The zero-order valence-electron chi connectivity index (χ0n) is 16.5. The highest BCUT2D eigenvalue weighted by Gasteiger charge is 2.33. The minimum absolute atomic E-state index is 0.0196. The van der Waals surface area contributed by atoms with Crippen LogP contribution in [0.25, 0.3) is 0 Å². The number of urea groups is 1. The summed E-state index contributed by atoms with van der Waals surface area (Å²) in [5.74, 6) is 0.0196. The van der Waals surface area contributed by atoms with Crippen molar-refractivity contribution in [3.8, 4) is 0 Å². The molecule has 2 saturated heterocycles. The predicted octanol–water partition coefficient (Wildman–Crippen LogP) is 1.56. The highest BCUT2D eigenvalue weighted by molar-refractivity contribution is 5.79. The lowest BCUT2D eigenvalue weighted by molar-refractivity contribution is -0.133. The number of aryl methyl sites for hydroxylation is 1. The molecule has 2 aliphatic heterocycles. The van der Waals surface area contributed by atoms with E-state index >= 15 is 0 Å². The van der Waals surface area contributed by atoms with Gasteiger partial charge in [-0.05, 0) is 26.2 Å². The van der Waals surface area contributed by atoms with Crippen molar-refractivity contribution in [2.45, 2.75) is 51.7 Å². The van der Waals surface area contributed by atoms with Crippen LogP contribution >= 0.6 is 0 Å². The van der Waals surface area contributed by atoms with Crippen LogP contribution in [-0.4, -0.2) is 82.4 Å². The summed E-state index contributed by atoms with van der Waals surface area (Å²) in [4.78, 5) is 31.1. The molecular weight excluding hydrogens is 346 g/mol. The van der Waals surface area contributed by atoms with Crippen LogP contribution in [0.3, 0.4) is 0 Å². The van der Waals surface area contributed by atoms with Gasteiger partial charge in [0.15, 0.2) is 0 Å². The Hall–Kier alpha value is -2.09. The summed E-state index contributed by atoms with van der Waals surface area (Å²) in [6.45, 7) is 6.51. The van der Waals surface area contributed by atoms with Crippen LogP contribution in [0, 0.1) is 0 Å². The first-order chi connectivity index (χ1) is 13.1. The minimum Gasteiger partial charge on any atom is -0.377 e. The molecule has 0 bridgehead atoms. The SMILES string of the molecule is CCn1cc(CN(C)C(=O)CC2COCCN2C(=O)N2CCCCC2)cn1. The zero-order chi connectivity index (χ0) is 19.2. The van der Waals surface area contributed by atoms with E-state index in [0.717, 1.165) is 38.0 Å². The topological polar surface area (TPSA) is 70.9 Å². The summed E-state index contributed by atoms with van der Waals surface area (Å²) >= 11 is 0. The number of ether oxygens (including phenoxy) is 1. The first-order valence-corrected chi connectivity index (χ1v) is 9.97. The number of likely N-dealkylation sites (tertiary alicyclic amines) is 1. The first kappa shape index (κ1) is 19.7. The number of hydrogen-bond donors (Lipinski definition) is 0. The number of hydrogen-bond acceptors (Lipinski definition) is 4. The second-order valence-electron chi connectivity index (χ2n) is 7.41. The van der Waals surface area contributed by atoms with Crippen LogP contribution in [0.5, 0.6) is 0 Å². The lowest BCUT2D eigenvalue weighted by Crippen LogP contribution is -2.55. The highest BCUT2D eigenvalue weighted by Crippen LogP contribution is 2.18. The molecule has 3 heterocycles. The van der Waals surface area contributed by atoms with Gasteiger partial charge in [-0.3, -0.25) is 9.48 Å². The second kappa shape index (κ2) is 9.21. The van der Waals surface area contributed by atoms with Crippen LogP contribution in [0.2, 0.25) is 0 Å². The van der Waals surface area contributed by atoms with E-state index in [1.54, 1.807) is 18.1 Å². The number of morpholine rings is 1. The molecule has 1 unspecified atom stereocenters. The van der Waals surface area contributed by atoms with Gasteiger partial charge in [-0.25, -0.2) is 4.79 Å². The Kier molecular flexibility index (Phi) is 6.71. The van der Waals surface area contributed by atoms with Crippen LogP contribution in [-0.2, 0) is 22.6 Å². The van der Waals surface area contributed by atoms with Crippen molar-refractivity contribution >= 4 is 11.9 Å². The van der Waals surface area contributed by atoms with Crippen LogP contribution in [0.15, 0.2) is 12.4 Å². The van der Waals surface area contributed by atoms with E-state index in [1.165, 1.54) is 6.42 Å². The fourth-order valence-electron chi connectivity index (χ4n) is 3.72. The molecule has 3 rings (SSSR count). The van der Waals surface area contributed by atoms with Crippen molar-refractivity contribution < 1.29 is 14.3 Å². The van der Waals surface area contributed by atoms with E-state index in [0.29, 0.717) is 26.3 Å². The number of amides is 3. The van der Waals surface area contributed by atoms with Gasteiger partial charge in [-0.2, -0.15) is 5.10 Å². The standard InChI is InChI=1S/C19H31N5O3/c1-3-23-14-16(12-20-23)13-21(2)18(25)11-17-15-27-10-9-24(17)19(26)22-7-5-4-6-8-22/h12,14,17H,3-11,13,15H2,1-2H3. The molecular formula is C19H31N5O3. The molecule has 0 radical (unpaired) electrons. The van der Waals surface area contributed by atoms with Crippen molar-refractivity contribution in [3.63, 3.8) is 0 Å². The molecule has 1 aromatic rings. The maximum absolute atomic E-state index is 12.9. The average molecular weight is 377 g/mol. The van der Waals surface area contributed by atoms with Gasteiger partial charge < -0.3 is 19.4 Å². The Balaban J connectivity index is 1.57. The molecule has 3 amide bonds. The maximum Gasteiger partial charge on any atom is 0.320 e. The number of nitrogens with zero attached hydrogens (tertiary/aromatic N) is 5. The Bertz CT molecular complexity index is 641. The number of piperidine rings is 1. The quantitative estimate of drug-likeness (QED) is 0.781.